The van der Waals surface area contributed by atoms with Crippen LogP contribution in [-0.4, -0.2) is 24.5 Å². The topological polar surface area (TPSA) is 51.4 Å². The number of aromatic amines is 1. The van der Waals surface area contributed by atoms with Gasteiger partial charge in [-0.1, -0.05) is 0 Å². The van der Waals surface area contributed by atoms with E-state index in [1.165, 1.54) is 12.8 Å². The van der Waals surface area contributed by atoms with Gasteiger partial charge in [0.05, 0.1) is 5.69 Å². The lowest BCUT2D eigenvalue weighted by Crippen LogP contribution is -2.06. The fraction of sp³-hybridized carbons (Fsp3) is 0.545. The summed E-state index contributed by atoms with van der Waals surface area (Å²) >= 11 is 5.26. The molecule has 1 aliphatic carbocycles. The van der Waals surface area contributed by atoms with E-state index in [2.05, 4.69) is 19.9 Å². The smallest absolute Gasteiger partial charge is 0.195 e. The summed E-state index contributed by atoms with van der Waals surface area (Å²) in [7, 11) is 1.93. The third-order valence-electron chi connectivity index (χ3n) is 3.09. The van der Waals surface area contributed by atoms with Gasteiger partial charge in [0.15, 0.2) is 4.77 Å². The molecule has 5 nitrogen and oxygen atoms in total. The molecule has 0 atom stereocenters. The number of hydrogen-bond donors (Lipinski definition) is 1. The second kappa shape index (κ2) is 4.10. The van der Waals surface area contributed by atoms with Crippen molar-refractivity contribution in [3.8, 4) is 0 Å². The predicted molar refractivity (Wildman–Crippen MR) is 66.3 cm³/mol. The van der Waals surface area contributed by atoms with E-state index in [0.717, 1.165) is 29.3 Å². The molecule has 1 aliphatic rings. The van der Waals surface area contributed by atoms with Crippen molar-refractivity contribution in [3.05, 3.63) is 28.6 Å². The van der Waals surface area contributed by atoms with Gasteiger partial charge in [0, 0.05) is 32.1 Å². The van der Waals surface area contributed by atoms with Gasteiger partial charge in [-0.2, -0.15) is 10.2 Å². The van der Waals surface area contributed by atoms with Crippen molar-refractivity contribution in [2.24, 2.45) is 7.05 Å². The fourth-order valence-electron chi connectivity index (χ4n) is 2.02. The van der Waals surface area contributed by atoms with Gasteiger partial charge >= 0.3 is 0 Å². The zero-order valence-electron chi connectivity index (χ0n) is 9.76. The van der Waals surface area contributed by atoms with Crippen molar-refractivity contribution in [3.63, 3.8) is 0 Å². The lowest BCUT2D eigenvalue weighted by Gasteiger charge is -2.04. The Labute approximate surface area is 104 Å². The van der Waals surface area contributed by atoms with E-state index in [-0.39, 0.29) is 0 Å². The summed E-state index contributed by atoms with van der Waals surface area (Å²) in [5.41, 5.74) is 1.09. The van der Waals surface area contributed by atoms with Gasteiger partial charge in [-0.25, -0.2) is 0 Å². The van der Waals surface area contributed by atoms with Crippen LogP contribution < -0.4 is 0 Å². The molecule has 90 valence electrons. The molecule has 0 unspecified atom stereocenters. The van der Waals surface area contributed by atoms with Crippen molar-refractivity contribution < 1.29 is 0 Å². The van der Waals surface area contributed by atoms with Crippen molar-refractivity contribution in [2.75, 3.05) is 0 Å². The molecule has 0 saturated heterocycles. The third-order valence-corrected chi connectivity index (χ3v) is 3.40. The van der Waals surface area contributed by atoms with Gasteiger partial charge in [0.25, 0.3) is 0 Å². The average molecular weight is 249 g/mol. The minimum absolute atomic E-state index is 0.617. The highest BCUT2D eigenvalue weighted by atomic mass is 32.1. The minimum Gasteiger partial charge on any atom is -0.304 e. The maximum absolute atomic E-state index is 5.26. The summed E-state index contributed by atoms with van der Waals surface area (Å²) < 4.78 is 4.66. The number of aryl methyl sites for hydroxylation is 2. The van der Waals surface area contributed by atoms with Crippen LogP contribution in [0.4, 0.5) is 0 Å². The fourth-order valence-corrected chi connectivity index (χ4v) is 2.25. The SMILES string of the molecule is Cn1ccc(CCn2c(C3CC3)n[nH]c2=S)n1. The Morgan fingerprint density at radius 3 is 3.00 bits per heavy atom. The second-order valence-corrected chi connectivity index (χ2v) is 4.93. The highest BCUT2D eigenvalue weighted by molar-refractivity contribution is 7.71. The molecule has 3 rings (SSSR count). The molecule has 2 aromatic rings. The van der Waals surface area contributed by atoms with Gasteiger partial charge in [-0.15, -0.1) is 0 Å². The van der Waals surface area contributed by atoms with Crippen molar-refractivity contribution in [1.29, 1.82) is 0 Å². The van der Waals surface area contributed by atoms with Crippen LogP contribution in [0.5, 0.6) is 0 Å². The van der Waals surface area contributed by atoms with Crippen molar-refractivity contribution >= 4 is 12.2 Å². The van der Waals surface area contributed by atoms with E-state index in [1.807, 2.05) is 24.0 Å². The Hall–Kier alpha value is -1.43. The number of aromatic nitrogens is 5. The number of H-pyrrole nitrogens is 1. The summed E-state index contributed by atoms with van der Waals surface area (Å²) in [6, 6.07) is 2.04. The molecule has 0 spiro atoms. The van der Waals surface area contributed by atoms with Crippen LogP contribution >= 0.6 is 12.2 Å². The first-order valence-electron chi connectivity index (χ1n) is 5.87. The lowest BCUT2D eigenvalue weighted by atomic mass is 10.3. The van der Waals surface area contributed by atoms with Crippen molar-refractivity contribution in [1.82, 2.24) is 24.5 Å². The Morgan fingerprint density at radius 2 is 2.35 bits per heavy atom. The maximum Gasteiger partial charge on any atom is 0.195 e. The molecule has 17 heavy (non-hydrogen) atoms. The molecule has 2 heterocycles. The molecule has 6 heteroatoms. The molecule has 1 saturated carbocycles. The summed E-state index contributed by atoms with van der Waals surface area (Å²) in [4.78, 5) is 0. The molecule has 1 N–H and O–H groups in total. The number of nitrogens with zero attached hydrogens (tertiary/aromatic N) is 4. The Bertz CT molecular complexity index is 575. The van der Waals surface area contributed by atoms with Crippen LogP contribution in [0.15, 0.2) is 12.3 Å². The quantitative estimate of drug-likeness (QED) is 0.841. The van der Waals surface area contributed by atoms with Crippen LogP contribution in [-0.2, 0) is 20.0 Å². The summed E-state index contributed by atoms with van der Waals surface area (Å²) in [6.07, 6.45) is 5.34. The van der Waals surface area contributed by atoms with E-state index in [9.17, 15) is 0 Å². The molecular weight excluding hydrogens is 234 g/mol. The predicted octanol–water partition coefficient (Wildman–Crippen LogP) is 1.79. The molecule has 0 bridgehead atoms. The first kappa shape index (κ1) is 10.7. The van der Waals surface area contributed by atoms with Gasteiger partial charge in [-0.3, -0.25) is 9.78 Å². The molecule has 0 amide bonds. The van der Waals surface area contributed by atoms with Crippen LogP contribution in [0.25, 0.3) is 0 Å². The molecule has 1 fully saturated rings. The monoisotopic (exact) mass is 249 g/mol. The highest BCUT2D eigenvalue weighted by Crippen LogP contribution is 2.38. The second-order valence-electron chi connectivity index (χ2n) is 4.54. The Morgan fingerprint density at radius 1 is 1.53 bits per heavy atom. The molecule has 2 aromatic heterocycles. The highest BCUT2D eigenvalue weighted by Gasteiger charge is 2.28. The first-order chi connectivity index (χ1) is 8.24. The van der Waals surface area contributed by atoms with E-state index < -0.39 is 0 Å². The van der Waals surface area contributed by atoms with Crippen LogP contribution in [0, 0.1) is 4.77 Å². The molecule has 0 aromatic carbocycles. The summed E-state index contributed by atoms with van der Waals surface area (Å²) in [5, 5.41) is 11.6. The average Bonchev–Trinajstić information content (AvgIpc) is 2.97. The van der Waals surface area contributed by atoms with Crippen LogP contribution in [0.3, 0.4) is 0 Å². The Kier molecular flexibility index (Phi) is 2.58. The summed E-state index contributed by atoms with van der Waals surface area (Å²) in [5.74, 6) is 1.73. The third kappa shape index (κ3) is 2.17. The first-order valence-corrected chi connectivity index (χ1v) is 6.28. The number of rotatable bonds is 4. The minimum atomic E-state index is 0.617. The van der Waals surface area contributed by atoms with E-state index >= 15 is 0 Å². The largest absolute Gasteiger partial charge is 0.304 e. The maximum atomic E-state index is 5.26. The summed E-state index contributed by atoms with van der Waals surface area (Å²) in [6.45, 7) is 0.859. The molecular formula is C11H15N5S. The van der Waals surface area contributed by atoms with E-state index in [4.69, 9.17) is 12.2 Å². The number of nitrogens with one attached hydrogen (secondary N) is 1. The van der Waals surface area contributed by atoms with Gasteiger partial charge < -0.3 is 4.57 Å². The molecule has 0 aliphatic heterocycles. The van der Waals surface area contributed by atoms with Crippen molar-refractivity contribution in [2.45, 2.75) is 31.7 Å². The Balaban J connectivity index is 1.76. The van der Waals surface area contributed by atoms with Gasteiger partial charge in [0.1, 0.15) is 5.82 Å². The molecule has 0 radical (unpaired) electrons. The lowest BCUT2D eigenvalue weighted by molar-refractivity contribution is 0.628. The van der Waals surface area contributed by atoms with Gasteiger partial charge in [0.2, 0.25) is 0 Å². The zero-order valence-corrected chi connectivity index (χ0v) is 10.6. The van der Waals surface area contributed by atoms with E-state index in [0.29, 0.717) is 5.92 Å². The zero-order chi connectivity index (χ0) is 11.8. The van der Waals surface area contributed by atoms with Crippen LogP contribution in [0.1, 0.15) is 30.3 Å². The van der Waals surface area contributed by atoms with Crippen LogP contribution in [0.2, 0.25) is 0 Å². The normalized spacial score (nSPS) is 15.4. The van der Waals surface area contributed by atoms with E-state index in [1.54, 1.807) is 0 Å². The standard InChI is InChI=1S/C11H15N5S/c1-15-6-4-9(14-15)5-7-16-10(8-2-3-8)12-13-11(16)17/h4,6,8H,2-3,5,7H2,1H3,(H,13,17). The van der Waals surface area contributed by atoms with Gasteiger partial charge in [-0.05, 0) is 31.1 Å². The number of hydrogen-bond acceptors (Lipinski definition) is 3.